The number of rotatable bonds is 7. The highest BCUT2D eigenvalue weighted by Crippen LogP contribution is 2.23. The van der Waals surface area contributed by atoms with E-state index in [0.717, 1.165) is 17.0 Å². The molecule has 0 aromatic heterocycles. The number of carbonyl (C=O) groups excluding carboxylic acids is 1. The summed E-state index contributed by atoms with van der Waals surface area (Å²) >= 11 is 7.54. The zero-order valence-electron chi connectivity index (χ0n) is 13.3. The number of amides is 1. The summed E-state index contributed by atoms with van der Waals surface area (Å²) in [5.74, 6) is 1.80. The van der Waals surface area contributed by atoms with Crippen LogP contribution in [0.1, 0.15) is 11.1 Å². The molecule has 0 aliphatic carbocycles. The second-order valence-corrected chi connectivity index (χ2v) is 6.71. The summed E-state index contributed by atoms with van der Waals surface area (Å²) in [6, 6.07) is 13.4. The van der Waals surface area contributed by atoms with E-state index in [2.05, 4.69) is 11.4 Å². The van der Waals surface area contributed by atoms with Crippen LogP contribution in [0.2, 0.25) is 5.02 Å². The number of thioether (sulfide) groups is 1. The largest absolute Gasteiger partial charge is 0.491 e. The molecule has 0 spiro atoms. The van der Waals surface area contributed by atoms with Crippen molar-refractivity contribution in [3.8, 4) is 5.75 Å². The molecule has 2 aromatic rings. The van der Waals surface area contributed by atoms with Crippen LogP contribution in [-0.4, -0.2) is 24.0 Å². The molecule has 122 valence electrons. The number of anilines is 1. The van der Waals surface area contributed by atoms with Crippen molar-refractivity contribution in [3.63, 3.8) is 0 Å². The molecular formula is C18H20ClNO2S. The molecule has 0 saturated carbocycles. The van der Waals surface area contributed by atoms with Crippen LogP contribution >= 0.6 is 23.4 Å². The summed E-state index contributed by atoms with van der Waals surface area (Å²) in [5.41, 5.74) is 3.13. The second-order valence-electron chi connectivity index (χ2n) is 5.20. The van der Waals surface area contributed by atoms with Crippen LogP contribution in [0.5, 0.6) is 5.75 Å². The van der Waals surface area contributed by atoms with Crippen molar-refractivity contribution < 1.29 is 9.53 Å². The molecule has 23 heavy (non-hydrogen) atoms. The molecule has 0 fully saturated rings. The number of benzene rings is 2. The maximum Gasteiger partial charge on any atom is 0.234 e. The standard InChI is InChI=1S/C18H20ClNO2S/c1-13-7-8-16(14(2)11-13)20-18(21)12-23-10-9-22-17-6-4-3-5-15(17)19/h3-8,11H,9-10,12H2,1-2H3,(H,20,21). The van der Waals surface area contributed by atoms with Gasteiger partial charge in [-0.2, -0.15) is 0 Å². The molecule has 0 saturated heterocycles. The molecule has 0 unspecified atom stereocenters. The Morgan fingerprint density at radius 2 is 2.00 bits per heavy atom. The lowest BCUT2D eigenvalue weighted by Crippen LogP contribution is -2.16. The van der Waals surface area contributed by atoms with Crippen LogP contribution in [0, 0.1) is 13.8 Å². The number of ether oxygens (including phenoxy) is 1. The van der Waals surface area contributed by atoms with Crippen molar-refractivity contribution in [3.05, 3.63) is 58.6 Å². The Hall–Kier alpha value is -1.65. The van der Waals surface area contributed by atoms with Crippen molar-refractivity contribution in [1.29, 1.82) is 0 Å². The summed E-state index contributed by atoms with van der Waals surface area (Å²) in [6.07, 6.45) is 0. The van der Waals surface area contributed by atoms with E-state index in [0.29, 0.717) is 23.1 Å². The lowest BCUT2D eigenvalue weighted by molar-refractivity contribution is -0.113. The lowest BCUT2D eigenvalue weighted by atomic mass is 10.1. The predicted octanol–water partition coefficient (Wildman–Crippen LogP) is 4.71. The van der Waals surface area contributed by atoms with E-state index in [1.807, 2.05) is 44.2 Å². The Bertz CT molecular complexity index is 676. The van der Waals surface area contributed by atoms with Crippen LogP contribution in [-0.2, 0) is 4.79 Å². The fourth-order valence-electron chi connectivity index (χ4n) is 2.08. The van der Waals surface area contributed by atoms with Crippen LogP contribution in [0.25, 0.3) is 0 Å². The Kier molecular flexibility index (Phi) is 6.81. The van der Waals surface area contributed by atoms with E-state index >= 15 is 0 Å². The third-order valence-corrected chi connectivity index (χ3v) is 4.44. The maximum absolute atomic E-state index is 11.9. The van der Waals surface area contributed by atoms with Crippen molar-refractivity contribution in [2.24, 2.45) is 0 Å². The minimum absolute atomic E-state index is 0.000281. The first kappa shape index (κ1) is 17.7. The summed E-state index contributed by atoms with van der Waals surface area (Å²) in [4.78, 5) is 11.9. The summed E-state index contributed by atoms with van der Waals surface area (Å²) < 4.78 is 5.58. The molecule has 0 heterocycles. The Morgan fingerprint density at radius 3 is 2.74 bits per heavy atom. The molecule has 1 N–H and O–H groups in total. The Labute approximate surface area is 146 Å². The van der Waals surface area contributed by atoms with Crippen molar-refractivity contribution in [1.82, 2.24) is 0 Å². The van der Waals surface area contributed by atoms with Gasteiger partial charge >= 0.3 is 0 Å². The third-order valence-electron chi connectivity index (χ3n) is 3.21. The Morgan fingerprint density at radius 1 is 1.22 bits per heavy atom. The number of nitrogens with one attached hydrogen (secondary N) is 1. The van der Waals surface area contributed by atoms with Gasteiger partial charge in [-0.1, -0.05) is 41.4 Å². The van der Waals surface area contributed by atoms with Gasteiger partial charge in [0.25, 0.3) is 0 Å². The molecule has 1 amide bonds. The molecule has 2 rings (SSSR count). The van der Waals surface area contributed by atoms with Gasteiger partial charge in [0, 0.05) is 11.4 Å². The number of hydrogen-bond acceptors (Lipinski definition) is 3. The van der Waals surface area contributed by atoms with Gasteiger partial charge in [-0.25, -0.2) is 0 Å². The molecule has 0 radical (unpaired) electrons. The molecule has 0 aliphatic rings. The minimum atomic E-state index is -0.000281. The van der Waals surface area contributed by atoms with E-state index in [-0.39, 0.29) is 5.91 Å². The van der Waals surface area contributed by atoms with Crippen molar-refractivity contribution in [2.45, 2.75) is 13.8 Å². The maximum atomic E-state index is 11.9. The Balaban J connectivity index is 1.68. The van der Waals surface area contributed by atoms with Crippen LogP contribution < -0.4 is 10.1 Å². The first-order valence-corrected chi connectivity index (χ1v) is 8.91. The number of carbonyl (C=O) groups is 1. The van der Waals surface area contributed by atoms with Crippen LogP contribution in [0.3, 0.4) is 0 Å². The zero-order chi connectivity index (χ0) is 16.7. The highest BCUT2D eigenvalue weighted by molar-refractivity contribution is 7.99. The van der Waals surface area contributed by atoms with Gasteiger partial charge in [0.05, 0.1) is 17.4 Å². The number of hydrogen-bond donors (Lipinski definition) is 1. The van der Waals surface area contributed by atoms with Crippen molar-refractivity contribution in [2.75, 3.05) is 23.4 Å². The van der Waals surface area contributed by atoms with Gasteiger partial charge in [-0.15, -0.1) is 11.8 Å². The normalized spacial score (nSPS) is 10.4. The van der Waals surface area contributed by atoms with Gasteiger partial charge in [0.15, 0.2) is 0 Å². The second kappa shape index (κ2) is 8.85. The van der Waals surface area contributed by atoms with Gasteiger partial charge in [0.1, 0.15) is 5.75 Å². The lowest BCUT2D eigenvalue weighted by Gasteiger charge is -2.10. The molecule has 2 aromatic carbocycles. The summed E-state index contributed by atoms with van der Waals surface area (Å²) in [7, 11) is 0. The summed E-state index contributed by atoms with van der Waals surface area (Å²) in [5, 5.41) is 3.54. The number of halogens is 1. The van der Waals surface area contributed by atoms with Gasteiger partial charge < -0.3 is 10.1 Å². The smallest absolute Gasteiger partial charge is 0.234 e. The quantitative estimate of drug-likeness (QED) is 0.736. The molecule has 0 bridgehead atoms. The van der Waals surface area contributed by atoms with E-state index < -0.39 is 0 Å². The minimum Gasteiger partial charge on any atom is -0.491 e. The first-order valence-electron chi connectivity index (χ1n) is 7.38. The van der Waals surface area contributed by atoms with E-state index in [4.69, 9.17) is 16.3 Å². The average Bonchev–Trinajstić information content (AvgIpc) is 2.51. The predicted molar refractivity (Wildman–Crippen MR) is 98.8 cm³/mol. The first-order chi connectivity index (χ1) is 11.1. The fourth-order valence-corrected chi connectivity index (χ4v) is 2.87. The SMILES string of the molecule is Cc1ccc(NC(=O)CSCCOc2ccccc2Cl)c(C)c1. The van der Waals surface area contributed by atoms with Crippen molar-refractivity contribution >= 4 is 35.0 Å². The molecule has 0 aliphatic heterocycles. The monoisotopic (exact) mass is 349 g/mol. The van der Waals surface area contributed by atoms with Crippen LogP contribution in [0.4, 0.5) is 5.69 Å². The number of para-hydroxylation sites is 1. The summed E-state index contributed by atoms with van der Waals surface area (Å²) in [6.45, 7) is 4.55. The zero-order valence-corrected chi connectivity index (χ0v) is 14.8. The highest BCUT2D eigenvalue weighted by Gasteiger charge is 2.05. The molecule has 3 nitrogen and oxygen atoms in total. The molecule has 0 atom stereocenters. The highest BCUT2D eigenvalue weighted by atomic mass is 35.5. The molecular weight excluding hydrogens is 330 g/mol. The average molecular weight is 350 g/mol. The van der Waals surface area contributed by atoms with Gasteiger partial charge in [0.2, 0.25) is 5.91 Å². The topological polar surface area (TPSA) is 38.3 Å². The fraction of sp³-hybridized carbons (Fsp3) is 0.278. The molecule has 5 heteroatoms. The van der Waals surface area contributed by atoms with Crippen LogP contribution in [0.15, 0.2) is 42.5 Å². The van der Waals surface area contributed by atoms with E-state index in [1.54, 1.807) is 6.07 Å². The van der Waals surface area contributed by atoms with E-state index in [9.17, 15) is 4.79 Å². The van der Waals surface area contributed by atoms with E-state index in [1.165, 1.54) is 17.3 Å². The number of aryl methyl sites for hydroxylation is 2. The third kappa shape index (κ3) is 5.81. The van der Waals surface area contributed by atoms with Gasteiger partial charge in [-0.05, 0) is 37.6 Å². The van der Waals surface area contributed by atoms with Gasteiger partial charge in [-0.3, -0.25) is 4.79 Å².